The summed E-state index contributed by atoms with van der Waals surface area (Å²) in [6.07, 6.45) is 4.53. The Morgan fingerprint density at radius 3 is 2.86 bits per heavy atom. The number of nitrogens with one attached hydrogen (secondary N) is 2. The number of para-hydroxylation sites is 2. The molecule has 29 heavy (non-hydrogen) atoms. The maximum absolute atomic E-state index is 12.8. The normalized spacial score (nSPS) is 21.6. The average Bonchev–Trinajstić information content (AvgIpc) is 3.36. The summed E-state index contributed by atoms with van der Waals surface area (Å²) in [4.78, 5) is 27.1. The third-order valence-corrected chi connectivity index (χ3v) is 5.37. The minimum absolute atomic E-state index is 0. The van der Waals surface area contributed by atoms with Crippen LogP contribution in [-0.4, -0.2) is 54.4 Å². The van der Waals surface area contributed by atoms with E-state index in [-0.39, 0.29) is 30.3 Å². The Hall–Kier alpha value is -2.58. The van der Waals surface area contributed by atoms with Crippen molar-refractivity contribution >= 4 is 29.9 Å². The first-order chi connectivity index (χ1) is 13.7. The van der Waals surface area contributed by atoms with Crippen LogP contribution in [0.25, 0.3) is 0 Å². The summed E-state index contributed by atoms with van der Waals surface area (Å²) in [7, 11) is 1.58. The molecule has 0 radical (unpaired) electrons. The summed E-state index contributed by atoms with van der Waals surface area (Å²) >= 11 is 0. The predicted molar refractivity (Wildman–Crippen MR) is 112 cm³/mol. The number of amides is 2. The fourth-order valence-electron chi connectivity index (χ4n) is 3.86. The molecule has 2 amide bonds. The Labute approximate surface area is 176 Å². The standard InChI is InChI=1S/C20H25N5O3.ClH/c1-28-18-7-3-2-6-17(18)24-11-8-16(20(24)27)22-19(26)15-9-12-25(23-15)14-5-4-10-21-13-14;/h2-3,6-7,9,12,14,16,21H,4-5,8,10-11,13H2,1H3,(H,22,26);1H. The molecule has 2 aromatic rings. The lowest BCUT2D eigenvalue weighted by molar-refractivity contribution is -0.118. The molecule has 2 N–H and O–H groups in total. The summed E-state index contributed by atoms with van der Waals surface area (Å²) < 4.78 is 7.20. The molecule has 2 fully saturated rings. The van der Waals surface area contributed by atoms with Crippen LogP contribution in [0.2, 0.25) is 0 Å². The molecule has 0 spiro atoms. The van der Waals surface area contributed by atoms with Crippen molar-refractivity contribution in [3.63, 3.8) is 0 Å². The van der Waals surface area contributed by atoms with Gasteiger partial charge in [0.15, 0.2) is 0 Å². The predicted octanol–water partition coefficient (Wildman–Crippen LogP) is 1.77. The second-order valence-electron chi connectivity index (χ2n) is 7.16. The lowest BCUT2D eigenvalue weighted by Gasteiger charge is -2.22. The van der Waals surface area contributed by atoms with Gasteiger partial charge >= 0.3 is 0 Å². The Bertz CT molecular complexity index is 865. The number of halogens is 1. The molecule has 2 atom stereocenters. The van der Waals surface area contributed by atoms with Crippen LogP contribution in [0.5, 0.6) is 5.75 Å². The number of piperidine rings is 1. The van der Waals surface area contributed by atoms with Gasteiger partial charge in [0.1, 0.15) is 17.5 Å². The van der Waals surface area contributed by atoms with Gasteiger partial charge < -0.3 is 20.3 Å². The van der Waals surface area contributed by atoms with E-state index in [0.29, 0.717) is 24.4 Å². The molecule has 2 aliphatic rings. The van der Waals surface area contributed by atoms with E-state index in [1.165, 1.54) is 0 Å². The number of hydrogen-bond donors (Lipinski definition) is 2. The molecular formula is C20H26ClN5O3. The zero-order chi connectivity index (χ0) is 19.5. The van der Waals surface area contributed by atoms with E-state index in [2.05, 4.69) is 15.7 Å². The number of aromatic nitrogens is 2. The van der Waals surface area contributed by atoms with Gasteiger partial charge in [-0.15, -0.1) is 12.4 Å². The van der Waals surface area contributed by atoms with Crippen LogP contribution in [-0.2, 0) is 4.79 Å². The van der Waals surface area contributed by atoms with Crippen molar-refractivity contribution in [2.75, 3.05) is 31.6 Å². The molecule has 0 aliphatic carbocycles. The van der Waals surface area contributed by atoms with Crippen LogP contribution in [0.4, 0.5) is 5.69 Å². The zero-order valence-electron chi connectivity index (χ0n) is 16.3. The minimum Gasteiger partial charge on any atom is -0.495 e. The minimum atomic E-state index is -0.557. The average molecular weight is 420 g/mol. The molecule has 9 heteroatoms. The van der Waals surface area contributed by atoms with E-state index in [1.54, 1.807) is 18.1 Å². The van der Waals surface area contributed by atoms with E-state index in [9.17, 15) is 9.59 Å². The quantitative estimate of drug-likeness (QED) is 0.771. The third-order valence-electron chi connectivity index (χ3n) is 5.37. The smallest absolute Gasteiger partial charge is 0.272 e. The van der Waals surface area contributed by atoms with E-state index in [1.807, 2.05) is 35.1 Å². The molecule has 0 saturated carbocycles. The maximum Gasteiger partial charge on any atom is 0.272 e. The molecule has 156 valence electrons. The molecule has 2 aliphatic heterocycles. The fourth-order valence-corrected chi connectivity index (χ4v) is 3.86. The van der Waals surface area contributed by atoms with Crippen LogP contribution in [0, 0.1) is 0 Å². The van der Waals surface area contributed by atoms with Gasteiger partial charge in [0.25, 0.3) is 5.91 Å². The topological polar surface area (TPSA) is 88.5 Å². The molecule has 1 aromatic carbocycles. The number of hydrogen-bond acceptors (Lipinski definition) is 5. The highest BCUT2D eigenvalue weighted by Crippen LogP contribution is 2.31. The van der Waals surface area contributed by atoms with Crippen molar-refractivity contribution in [3.05, 3.63) is 42.2 Å². The van der Waals surface area contributed by atoms with Crippen LogP contribution in [0.15, 0.2) is 36.5 Å². The number of carbonyl (C=O) groups excluding carboxylic acids is 2. The van der Waals surface area contributed by atoms with E-state index >= 15 is 0 Å². The number of ether oxygens (including phenoxy) is 1. The SMILES string of the molecule is COc1ccccc1N1CCC(NC(=O)c2ccn(C3CCCNC3)n2)C1=O.Cl. The van der Waals surface area contributed by atoms with Gasteiger partial charge in [-0.3, -0.25) is 14.3 Å². The monoisotopic (exact) mass is 419 g/mol. The Balaban J connectivity index is 0.00000240. The number of nitrogens with zero attached hydrogens (tertiary/aromatic N) is 3. The first-order valence-electron chi connectivity index (χ1n) is 9.68. The first-order valence-corrected chi connectivity index (χ1v) is 9.68. The Morgan fingerprint density at radius 1 is 1.28 bits per heavy atom. The van der Waals surface area contributed by atoms with Gasteiger partial charge in [0.05, 0.1) is 18.8 Å². The van der Waals surface area contributed by atoms with Gasteiger partial charge in [-0.2, -0.15) is 5.10 Å². The molecule has 2 saturated heterocycles. The van der Waals surface area contributed by atoms with Crippen molar-refractivity contribution < 1.29 is 14.3 Å². The number of benzene rings is 1. The Kier molecular flexibility index (Phi) is 6.76. The lowest BCUT2D eigenvalue weighted by atomic mass is 10.1. The fraction of sp³-hybridized carbons (Fsp3) is 0.450. The molecule has 3 heterocycles. The van der Waals surface area contributed by atoms with Gasteiger partial charge in [0, 0.05) is 19.3 Å². The van der Waals surface area contributed by atoms with Crippen molar-refractivity contribution in [1.82, 2.24) is 20.4 Å². The molecule has 4 rings (SSSR count). The third kappa shape index (κ3) is 4.38. The highest BCUT2D eigenvalue weighted by Gasteiger charge is 2.35. The second-order valence-corrected chi connectivity index (χ2v) is 7.16. The van der Waals surface area contributed by atoms with E-state index in [4.69, 9.17) is 4.74 Å². The largest absolute Gasteiger partial charge is 0.495 e. The number of anilines is 1. The zero-order valence-corrected chi connectivity index (χ0v) is 17.2. The van der Waals surface area contributed by atoms with Gasteiger partial charge in [-0.25, -0.2) is 0 Å². The van der Waals surface area contributed by atoms with Crippen LogP contribution in [0.3, 0.4) is 0 Å². The number of methoxy groups -OCH3 is 1. The summed E-state index contributed by atoms with van der Waals surface area (Å²) in [5.41, 5.74) is 1.06. The van der Waals surface area contributed by atoms with E-state index < -0.39 is 6.04 Å². The van der Waals surface area contributed by atoms with Crippen molar-refractivity contribution in [2.45, 2.75) is 31.3 Å². The molecular weight excluding hydrogens is 394 g/mol. The maximum atomic E-state index is 12.8. The highest BCUT2D eigenvalue weighted by atomic mass is 35.5. The van der Waals surface area contributed by atoms with Crippen LogP contribution < -0.4 is 20.3 Å². The van der Waals surface area contributed by atoms with Crippen LogP contribution >= 0.6 is 12.4 Å². The van der Waals surface area contributed by atoms with Gasteiger partial charge in [0.2, 0.25) is 5.91 Å². The summed E-state index contributed by atoms with van der Waals surface area (Å²) in [6, 6.07) is 8.82. The summed E-state index contributed by atoms with van der Waals surface area (Å²) in [5.74, 6) is 0.194. The lowest BCUT2D eigenvalue weighted by Crippen LogP contribution is -2.41. The highest BCUT2D eigenvalue weighted by molar-refractivity contribution is 6.04. The van der Waals surface area contributed by atoms with Crippen molar-refractivity contribution in [1.29, 1.82) is 0 Å². The summed E-state index contributed by atoms with van der Waals surface area (Å²) in [5, 5.41) is 10.6. The second kappa shape index (κ2) is 9.28. The first kappa shape index (κ1) is 21.1. The molecule has 8 nitrogen and oxygen atoms in total. The van der Waals surface area contributed by atoms with Gasteiger partial charge in [-0.1, -0.05) is 12.1 Å². The molecule has 0 bridgehead atoms. The van der Waals surface area contributed by atoms with Crippen LogP contribution in [0.1, 0.15) is 35.8 Å². The van der Waals surface area contributed by atoms with E-state index in [0.717, 1.165) is 31.6 Å². The van der Waals surface area contributed by atoms with Crippen molar-refractivity contribution in [3.8, 4) is 5.75 Å². The molecule has 1 aromatic heterocycles. The number of rotatable bonds is 5. The van der Waals surface area contributed by atoms with Crippen molar-refractivity contribution in [2.24, 2.45) is 0 Å². The molecule has 2 unspecified atom stereocenters. The summed E-state index contributed by atoms with van der Waals surface area (Å²) in [6.45, 7) is 2.42. The number of carbonyl (C=O) groups is 2. The van der Waals surface area contributed by atoms with Gasteiger partial charge in [-0.05, 0) is 44.0 Å². The Morgan fingerprint density at radius 2 is 2.10 bits per heavy atom.